The molecule has 1 heterocycles. The Morgan fingerprint density at radius 3 is 2.82 bits per heavy atom. The molecule has 0 atom stereocenters. The van der Waals surface area contributed by atoms with Gasteiger partial charge in [-0.15, -0.1) is 11.3 Å². The summed E-state index contributed by atoms with van der Waals surface area (Å²) in [5.74, 6) is 0.458. The topological polar surface area (TPSA) is 54.0 Å². The molecule has 8 heteroatoms. The van der Waals surface area contributed by atoms with Gasteiger partial charge in [-0.1, -0.05) is 0 Å². The highest BCUT2D eigenvalue weighted by molar-refractivity contribution is 7.13. The summed E-state index contributed by atoms with van der Waals surface area (Å²) in [6.07, 6.45) is -2.23. The van der Waals surface area contributed by atoms with Gasteiger partial charge in [0, 0.05) is 11.3 Å². The number of alkyl halides is 3. The van der Waals surface area contributed by atoms with E-state index < -0.39 is 18.8 Å². The van der Waals surface area contributed by atoms with Crippen LogP contribution in [0.5, 0.6) is 0 Å². The molecule has 0 spiro atoms. The first-order valence-electron chi connectivity index (χ1n) is 5.01. The maximum absolute atomic E-state index is 11.8. The minimum absolute atomic E-state index is 0.326. The lowest BCUT2D eigenvalue weighted by atomic mass is 10.3. The third-order valence-electron chi connectivity index (χ3n) is 2.19. The molecular weight excluding hydrogens is 255 g/mol. The Kier molecular flexibility index (Phi) is 3.23. The van der Waals surface area contributed by atoms with Crippen LogP contribution in [-0.4, -0.2) is 23.7 Å². The molecule has 17 heavy (non-hydrogen) atoms. The molecule has 1 aromatic rings. The molecule has 2 amide bonds. The van der Waals surface area contributed by atoms with Crippen molar-refractivity contribution in [1.29, 1.82) is 0 Å². The fourth-order valence-corrected chi connectivity index (χ4v) is 2.02. The van der Waals surface area contributed by atoms with Gasteiger partial charge in [0.1, 0.15) is 6.54 Å². The molecule has 4 nitrogen and oxygen atoms in total. The van der Waals surface area contributed by atoms with Crippen molar-refractivity contribution in [3.8, 4) is 0 Å². The van der Waals surface area contributed by atoms with E-state index in [1.54, 1.807) is 5.32 Å². The summed E-state index contributed by atoms with van der Waals surface area (Å²) in [4.78, 5) is 15.2. The number of nitrogens with zero attached hydrogens (tertiary/aromatic N) is 1. The van der Waals surface area contributed by atoms with Crippen LogP contribution in [0.2, 0.25) is 0 Å². The molecule has 0 saturated heterocycles. The zero-order valence-corrected chi connectivity index (χ0v) is 9.49. The van der Waals surface area contributed by atoms with Crippen molar-refractivity contribution in [2.24, 2.45) is 0 Å². The average molecular weight is 265 g/mol. The molecule has 1 aromatic heterocycles. The molecule has 0 unspecified atom stereocenters. The van der Waals surface area contributed by atoms with E-state index >= 15 is 0 Å². The van der Waals surface area contributed by atoms with Crippen molar-refractivity contribution in [3.05, 3.63) is 11.1 Å². The lowest BCUT2D eigenvalue weighted by Gasteiger charge is -2.07. The van der Waals surface area contributed by atoms with E-state index in [4.69, 9.17) is 0 Å². The standard InChI is InChI=1S/C9H10F3N3OS/c10-9(11,12)4-13-7(16)15-8-14-6(3-17-8)5-1-2-5/h3,5H,1-2,4H2,(H2,13,14,15,16). The minimum atomic E-state index is -4.40. The Hall–Kier alpha value is -1.31. The van der Waals surface area contributed by atoms with E-state index in [0.29, 0.717) is 11.0 Å². The fourth-order valence-electron chi connectivity index (χ4n) is 1.23. The number of rotatable bonds is 3. The minimum Gasteiger partial charge on any atom is -0.329 e. The number of carbonyl (C=O) groups is 1. The van der Waals surface area contributed by atoms with Crippen molar-refractivity contribution in [2.45, 2.75) is 24.9 Å². The number of thiazole rings is 1. The van der Waals surface area contributed by atoms with Gasteiger partial charge in [-0.05, 0) is 12.8 Å². The first kappa shape index (κ1) is 12.2. The van der Waals surface area contributed by atoms with Gasteiger partial charge < -0.3 is 5.32 Å². The van der Waals surface area contributed by atoms with Gasteiger partial charge in [0.05, 0.1) is 5.69 Å². The summed E-state index contributed by atoms with van der Waals surface area (Å²) in [7, 11) is 0. The molecule has 2 N–H and O–H groups in total. The summed E-state index contributed by atoms with van der Waals surface area (Å²) < 4.78 is 35.5. The molecule has 0 bridgehead atoms. The molecule has 0 radical (unpaired) electrons. The van der Waals surface area contributed by atoms with E-state index in [0.717, 1.165) is 18.5 Å². The second-order valence-corrected chi connectivity index (χ2v) is 4.63. The van der Waals surface area contributed by atoms with Crippen molar-refractivity contribution in [2.75, 3.05) is 11.9 Å². The second kappa shape index (κ2) is 4.52. The van der Waals surface area contributed by atoms with Crippen molar-refractivity contribution in [3.63, 3.8) is 0 Å². The summed E-state index contributed by atoms with van der Waals surface area (Å²) in [5, 5.41) is 6.13. The molecule has 0 aliphatic heterocycles. The van der Waals surface area contributed by atoms with E-state index in [1.807, 2.05) is 5.38 Å². The van der Waals surface area contributed by atoms with Crippen molar-refractivity contribution >= 4 is 22.5 Å². The second-order valence-electron chi connectivity index (χ2n) is 3.77. The number of hydrogen-bond donors (Lipinski definition) is 2. The number of amides is 2. The molecule has 94 valence electrons. The molecule has 1 fully saturated rings. The maximum atomic E-state index is 11.8. The molecule has 2 rings (SSSR count). The number of nitrogens with one attached hydrogen (secondary N) is 2. The largest absolute Gasteiger partial charge is 0.405 e. The Bertz CT molecular complexity index is 414. The van der Waals surface area contributed by atoms with Crippen LogP contribution in [-0.2, 0) is 0 Å². The molecule has 1 aliphatic rings. The van der Waals surface area contributed by atoms with Gasteiger partial charge in [-0.2, -0.15) is 13.2 Å². The predicted octanol–water partition coefficient (Wildman–Crippen LogP) is 2.70. The van der Waals surface area contributed by atoms with Crippen LogP contribution >= 0.6 is 11.3 Å². The Labute approximate surface area is 99.2 Å². The number of halogens is 3. The Morgan fingerprint density at radius 2 is 2.24 bits per heavy atom. The van der Waals surface area contributed by atoms with Gasteiger partial charge in [0.2, 0.25) is 0 Å². The van der Waals surface area contributed by atoms with E-state index in [1.165, 1.54) is 11.3 Å². The average Bonchev–Trinajstić information content (AvgIpc) is 2.97. The normalized spacial score (nSPS) is 15.7. The van der Waals surface area contributed by atoms with Gasteiger partial charge in [0.15, 0.2) is 5.13 Å². The van der Waals surface area contributed by atoms with Crippen molar-refractivity contribution in [1.82, 2.24) is 10.3 Å². The van der Waals surface area contributed by atoms with E-state index in [2.05, 4.69) is 10.3 Å². The summed E-state index contributed by atoms with van der Waals surface area (Å²) in [6.45, 7) is -1.35. The third-order valence-corrected chi connectivity index (χ3v) is 2.96. The quantitative estimate of drug-likeness (QED) is 0.882. The van der Waals surface area contributed by atoms with Crippen LogP contribution < -0.4 is 10.6 Å². The Balaban J connectivity index is 1.80. The van der Waals surface area contributed by atoms with Crippen LogP contribution in [0.1, 0.15) is 24.5 Å². The number of aromatic nitrogens is 1. The highest BCUT2D eigenvalue weighted by atomic mass is 32.1. The van der Waals surface area contributed by atoms with Crippen LogP contribution in [0.3, 0.4) is 0 Å². The third kappa shape index (κ3) is 3.88. The highest BCUT2D eigenvalue weighted by Crippen LogP contribution is 2.40. The maximum Gasteiger partial charge on any atom is 0.405 e. The Morgan fingerprint density at radius 1 is 1.53 bits per heavy atom. The van der Waals surface area contributed by atoms with Crippen LogP contribution in [0, 0.1) is 0 Å². The van der Waals surface area contributed by atoms with Gasteiger partial charge >= 0.3 is 12.2 Å². The number of anilines is 1. The number of carbonyl (C=O) groups excluding carboxylic acids is 1. The van der Waals surface area contributed by atoms with Gasteiger partial charge in [0.25, 0.3) is 0 Å². The first-order chi connectivity index (χ1) is 7.94. The number of urea groups is 1. The molecule has 1 aliphatic carbocycles. The van der Waals surface area contributed by atoms with E-state index in [-0.39, 0.29) is 0 Å². The van der Waals surface area contributed by atoms with Crippen LogP contribution in [0.25, 0.3) is 0 Å². The fraction of sp³-hybridized carbons (Fsp3) is 0.556. The van der Waals surface area contributed by atoms with Crippen LogP contribution in [0.4, 0.5) is 23.1 Å². The monoisotopic (exact) mass is 265 g/mol. The van der Waals surface area contributed by atoms with Gasteiger partial charge in [-0.3, -0.25) is 5.32 Å². The summed E-state index contributed by atoms with van der Waals surface area (Å²) in [5.41, 5.74) is 0.904. The first-order valence-corrected chi connectivity index (χ1v) is 5.89. The molecular formula is C9H10F3N3OS. The zero-order chi connectivity index (χ0) is 12.5. The van der Waals surface area contributed by atoms with Crippen molar-refractivity contribution < 1.29 is 18.0 Å². The van der Waals surface area contributed by atoms with Gasteiger partial charge in [-0.25, -0.2) is 9.78 Å². The summed E-state index contributed by atoms with van der Waals surface area (Å²) in [6, 6.07) is -0.890. The smallest absolute Gasteiger partial charge is 0.329 e. The highest BCUT2D eigenvalue weighted by Gasteiger charge is 2.28. The SMILES string of the molecule is O=C(NCC(F)(F)F)Nc1nc(C2CC2)cs1. The van der Waals surface area contributed by atoms with E-state index in [9.17, 15) is 18.0 Å². The zero-order valence-electron chi connectivity index (χ0n) is 8.67. The van der Waals surface area contributed by atoms with Crippen LogP contribution in [0.15, 0.2) is 5.38 Å². The number of hydrogen-bond acceptors (Lipinski definition) is 3. The lowest BCUT2D eigenvalue weighted by molar-refractivity contribution is -0.122. The lowest BCUT2D eigenvalue weighted by Crippen LogP contribution is -2.36. The molecule has 0 aromatic carbocycles. The predicted molar refractivity (Wildman–Crippen MR) is 57.2 cm³/mol. The summed E-state index contributed by atoms with van der Waals surface area (Å²) >= 11 is 1.22. The molecule has 1 saturated carbocycles.